The lowest BCUT2D eigenvalue weighted by molar-refractivity contribution is -0.136. The van der Waals surface area contributed by atoms with E-state index in [1.165, 1.54) is 11.8 Å². The molecular weight excluding hydrogens is 454 g/mol. The molecule has 9 heteroatoms. The SMILES string of the molecule is CCOc1ccc(OCC)c(NC(=O)C2CCN(C(=O)[C@@H]3Sc4ccccc4NC3=O)CC2)c1. The number of amides is 3. The van der Waals surface area contributed by atoms with Crippen LogP contribution in [0.3, 0.4) is 0 Å². The van der Waals surface area contributed by atoms with Gasteiger partial charge >= 0.3 is 0 Å². The Balaban J connectivity index is 1.36. The van der Waals surface area contributed by atoms with Gasteiger partial charge in [0.05, 0.1) is 24.6 Å². The smallest absolute Gasteiger partial charge is 0.247 e. The largest absolute Gasteiger partial charge is 0.494 e. The van der Waals surface area contributed by atoms with E-state index in [1.54, 1.807) is 17.0 Å². The number of anilines is 2. The van der Waals surface area contributed by atoms with Crippen LogP contribution in [0.15, 0.2) is 47.4 Å². The summed E-state index contributed by atoms with van der Waals surface area (Å²) >= 11 is 1.28. The molecule has 180 valence electrons. The second kappa shape index (κ2) is 10.8. The van der Waals surface area contributed by atoms with Crippen molar-refractivity contribution in [2.75, 3.05) is 36.9 Å². The number of nitrogens with one attached hydrogen (secondary N) is 2. The molecule has 1 saturated heterocycles. The number of fused-ring (bicyclic) bond motifs is 1. The second-order valence-electron chi connectivity index (χ2n) is 8.10. The number of hydrogen-bond acceptors (Lipinski definition) is 6. The summed E-state index contributed by atoms with van der Waals surface area (Å²) in [5, 5.41) is 4.98. The number of benzene rings is 2. The zero-order valence-electron chi connectivity index (χ0n) is 19.3. The van der Waals surface area contributed by atoms with Crippen molar-refractivity contribution in [1.82, 2.24) is 4.90 Å². The van der Waals surface area contributed by atoms with Crippen LogP contribution >= 0.6 is 11.8 Å². The molecule has 0 aromatic heterocycles. The average Bonchev–Trinajstić information content (AvgIpc) is 2.85. The molecule has 0 spiro atoms. The summed E-state index contributed by atoms with van der Waals surface area (Å²) in [6, 6.07) is 12.8. The number of hydrogen-bond donors (Lipinski definition) is 2. The fraction of sp³-hybridized carbons (Fsp3) is 0.400. The summed E-state index contributed by atoms with van der Waals surface area (Å²) in [5.41, 5.74) is 1.31. The number of piperidine rings is 1. The highest BCUT2D eigenvalue weighted by atomic mass is 32.2. The van der Waals surface area contributed by atoms with Crippen LogP contribution in [0.25, 0.3) is 0 Å². The first-order chi connectivity index (χ1) is 16.5. The van der Waals surface area contributed by atoms with Crippen molar-refractivity contribution in [3.05, 3.63) is 42.5 Å². The zero-order valence-corrected chi connectivity index (χ0v) is 20.2. The number of rotatable bonds is 7. The van der Waals surface area contributed by atoms with Crippen LogP contribution in [0.1, 0.15) is 26.7 Å². The fourth-order valence-electron chi connectivity index (χ4n) is 4.12. The molecule has 2 aliphatic rings. The lowest BCUT2D eigenvalue weighted by Crippen LogP contribution is -2.48. The Morgan fingerprint density at radius 2 is 1.82 bits per heavy atom. The van der Waals surface area contributed by atoms with Gasteiger partial charge in [0, 0.05) is 30.0 Å². The van der Waals surface area contributed by atoms with Gasteiger partial charge in [-0.2, -0.15) is 0 Å². The van der Waals surface area contributed by atoms with Gasteiger partial charge < -0.3 is 25.0 Å². The Kier molecular flexibility index (Phi) is 7.62. The zero-order chi connectivity index (χ0) is 24.1. The highest BCUT2D eigenvalue weighted by Gasteiger charge is 2.37. The minimum absolute atomic E-state index is 0.111. The molecule has 3 amide bonds. The van der Waals surface area contributed by atoms with Gasteiger partial charge in [-0.15, -0.1) is 11.8 Å². The van der Waals surface area contributed by atoms with Gasteiger partial charge in [-0.3, -0.25) is 14.4 Å². The van der Waals surface area contributed by atoms with E-state index >= 15 is 0 Å². The lowest BCUT2D eigenvalue weighted by Gasteiger charge is -2.34. The van der Waals surface area contributed by atoms with E-state index in [2.05, 4.69) is 10.6 Å². The number of thioether (sulfide) groups is 1. The van der Waals surface area contributed by atoms with Gasteiger partial charge in [0.1, 0.15) is 11.5 Å². The quantitative estimate of drug-likeness (QED) is 0.582. The molecule has 4 rings (SSSR count). The molecule has 2 aliphatic heterocycles. The third-order valence-electron chi connectivity index (χ3n) is 5.85. The molecule has 2 N–H and O–H groups in total. The normalized spacial score (nSPS) is 18.0. The Bertz CT molecular complexity index is 1070. The standard InChI is InChI=1S/C25H29N3O5S/c1-3-32-17-9-10-20(33-4-2)19(15-17)27-23(29)16-11-13-28(14-12-16)25(31)22-24(30)26-18-7-5-6-8-21(18)34-22/h5-10,15-16,22H,3-4,11-14H2,1-2H3,(H,26,30)(H,27,29)/t22-/m1/s1. The summed E-state index contributed by atoms with van der Waals surface area (Å²) in [4.78, 5) is 41.1. The first-order valence-corrected chi connectivity index (χ1v) is 12.4. The number of nitrogens with zero attached hydrogens (tertiary/aromatic N) is 1. The molecule has 0 unspecified atom stereocenters. The molecule has 0 saturated carbocycles. The van der Waals surface area contributed by atoms with E-state index in [-0.39, 0.29) is 23.6 Å². The first kappa shape index (κ1) is 23.9. The monoisotopic (exact) mass is 483 g/mol. The second-order valence-corrected chi connectivity index (χ2v) is 9.24. The molecule has 0 bridgehead atoms. The molecule has 0 radical (unpaired) electrons. The van der Waals surface area contributed by atoms with Crippen LogP contribution in [0.4, 0.5) is 11.4 Å². The van der Waals surface area contributed by atoms with E-state index in [0.29, 0.717) is 56.3 Å². The van der Waals surface area contributed by atoms with Crippen molar-refractivity contribution < 1.29 is 23.9 Å². The van der Waals surface area contributed by atoms with Gasteiger partial charge in [0.2, 0.25) is 17.7 Å². The van der Waals surface area contributed by atoms with Gasteiger partial charge in [-0.05, 0) is 51.0 Å². The van der Waals surface area contributed by atoms with Crippen LogP contribution in [0.5, 0.6) is 11.5 Å². The van der Waals surface area contributed by atoms with Crippen molar-refractivity contribution in [2.45, 2.75) is 36.8 Å². The Morgan fingerprint density at radius 1 is 1.09 bits per heavy atom. The summed E-state index contributed by atoms with van der Waals surface area (Å²) < 4.78 is 11.2. The van der Waals surface area contributed by atoms with Crippen LogP contribution in [-0.2, 0) is 14.4 Å². The highest BCUT2D eigenvalue weighted by molar-refractivity contribution is 8.01. The maximum Gasteiger partial charge on any atom is 0.247 e. The van der Waals surface area contributed by atoms with Gasteiger partial charge in [0.25, 0.3) is 0 Å². The van der Waals surface area contributed by atoms with Crippen LogP contribution < -0.4 is 20.1 Å². The van der Waals surface area contributed by atoms with E-state index in [9.17, 15) is 14.4 Å². The fourth-order valence-corrected chi connectivity index (χ4v) is 5.19. The molecule has 1 atom stereocenters. The first-order valence-electron chi connectivity index (χ1n) is 11.6. The summed E-state index contributed by atoms with van der Waals surface area (Å²) in [7, 11) is 0. The molecule has 1 fully saturated rings. The minimum atomic E-state index is -0.810. The molecule has 34 heavy (non-hydrogen) atoms. The van der Waals surface area contributed by atoms with Crippen molar-refractivity contribution >= 4 is 40.9 Å². The van der Waals surface area contributed by atoms with Crippen LogP contribution in [-0.4, -0.2) is 54.2 Å². The predicted octanol–water partition coefficient (Wildman–Crippen LogP) is 3.77. The Labute approximate surface area is 203 Å². The Morgan fingerprint density at radius 3 is 2.56 bits per heavy atom. The maximum absolute atomic E-state index is 13.1. The molecule has 2 aromatic carbocycles. The molecule has 2 aromatic rings. The number of likely N-dealkylation sites (tertiary alicyclic amines) is 1. The Hall–Kier alpha value is -3.20. The number of para-hydroxylation sites is 1. The van der Waals surface area contributed by atoms with Crippen LogP contribution in [0.2, 0.25) is 0 Å². The summed E-state index contributed by atoms with van der Waals surface area (Å²) in [6.07, 6.45) is 1.06. The minimum Gasteiger partial charge on any atom is -0.494 e. The molecule has 2 heterocycles. The van der Waals surface area contributed by atoms with E-state index in [4.69, 9.17) is 9.47 Å². The molecular formula is C25H29N3O5S. The lowest BCUT2D eigenvalue weighted by atomic mass is 9.95. The molecule has 8 nitrogen and oxygen atoms in total. The predicted molar refractivity (Wildman–Crippen MR) is 131 cm³/mol. The van der Waals surface area contributed by atoms with E-state index < -0.39 is 5.25 Å². The number of ether oxygens (including phenoxy) is 2. The van der Waals surface area contributed by atoms with Crippen molar-refractivity contribution in [2.24, 2.45) is 5.92 Å². The van der Waals surface area contributed by atoms with Gasteiger partial charge in [-0.25, -0.2) is 0 Å². The van der Waals surface area contributed by atoms with E-state index in [0.717, 1.165) is 10.6 Å². The number of carbonyl (C=O) groups excluding carboxylic acids is 3. The maximum atomic E-state index is 13.1. The summed E-state index contributed by atoms with van der Waals surface area (Å²) in [6.45, 7) is 5.65. The third-order valence-corrected chi connectivity index (χ3v) is 7.11. The van der Waals surface area contributed by atoms with Crippen molar-refractivity contribution in [3.63, 3.8) is 0 Å². The van der Waals surface area contributed by atoms with E-state index in [1.807, 2.05) is 44.2 Å². The average molecular weight is 484 g/mol. The van der Waals surface area contributed by atoms with Gasteiger partial charge in [0.15, 0.2) is 5.25 Å². The third kappa shape index (κ3) is 5.30. The van der Waals surface area contributed by atoms with Crippen LogP contribution in [0, 0.1) is 5.92 Å². The molecule has 0 aliphatic carbocycles. The topological polar surface area (TPSA) is 97.0 Å². The summed E-state index contributed by atoms with van der Waals surface area (Å²) in [5.74, 6) is 0.396. The number of carbonyl (C=O) groups is 3. The van der Waals surface area contributed by atoms with Crippen molar-refractivity contribution in [1.29, 1.82) is 0 Å². The van der Waals surface area contributed by atoms with Crippen molar-refractivity contribution in [3.8, 4) is 11.5 Å². The highest BCUT2D eigenvalue weighted by Crippen LogP contribution is 2.37. The van der Waals surface area contributed by atoms with Gasteiger partial charge in [-0.1, -0.05) is 12.1 Å².